The summed E-state index contributed by atoms with van der Waals surface area (Å²) < 4.78 is 33.8. The Balaban J connectivity index is 1.85. The lowest BCUT2D eigenvalue weighted by Crippen LogP contribution is -2.37. The van der Waals surface area contributed by atoms with Crippen LogP contribution in [0.2, 0.25) is 0 Å². The molecule has 0 heterocycles. The first-order valence-corrected chi connectivity index (χ1v) is 8.82. The van der Waals surface area contributed by atoms with Crippen LogP contribution in [0.4, 0.5) is 8.78 Å². The predicted molar refractivity (Wildman–Crippen MR) is 90.9 cm³/mol. The quantitative estimate of drug-likeness (QED) is 0.529. The van der Waals surface area contributed by atoms with Crippen molar-refractivity contribution in [2.45, 2.75) is 64.9 Å². The number of rotatable bonds is 7. The Morgan fingerprint density at radius 3 is 2.35 bits per heavy atom. The van der Waals surface area contributed by atoms with E-state index >= 15 is 0 Å². The van der Waals surface area contributed by atoms with E-state index in [1.807, 2.05) is 26.0 Å². The molecule has 0 aromatic heterocycles. The highest BCUT2D eigenvalue weighted by Gasteiger charge is 2.43. The zero-order valence-electron chi connectivity index (χ0n) is 14.2. The van der Waals surface area contributed by atoms with Crippen LogP contribution in [0.3, 0.4) is 0 Å². The van der Waals surface area contributed by atoms with Crippen molar-refractivity contribution < 1.29 is 13.5 Å². The first-order valence-electron chi connectivity index (χ1n) is 8.82. The average Bonchev–Trinajstić information content (AvgIpc) is 2.56. The third-order valence-electron chi connectivity index (χ3n) is 4.88. The van der Waals surface area contributed by atoms with Crippen molar-refractivity contribution in [3.8, 4) is 5.75 Å². The minimum atomic E-state index is -3.07. The van der Waals surface area contributed by atoms with Gasteiger partial charge in [-0.15, -0.1) is 0 Å². The number of halogens is 2. The Bertz CT molecular complexity index is 485. The van der Waals surface area contributed by atoms with Gasteiger partial charge in [0.05, 0.1) is 5.92 Å². The van der Waals surface area contributed by atoms with E-state index in [4.69, 9.17) is 4.74 Å². The summed E-state index contributed by atoms with van der Waals surface area (Å²) in [6, 6.07) is 7.00. The Labute approximate surface area is 138 Å². The van der Waals surface area contributed by atoms with E-state index < -0.39 is 12.0 Å². The minimum absolute atomic E-state index is 0.266. The molecule has 3 heteroatoms. The Morgan fingerprint density at radius 2 is 1.78 bits per heavy atom. The maximum atomic E-state index is 14.4. The van der Waals surface area contributed by atoms with Crippen molar-refractivity contribution in [1.29, 1.82) is 0 Å². The van der Waals surface area contributed by atoms with Crippen molar-refractivity contribution in [3.05, 3.63) is 42.0 Å². The summed E-state index contributed by atoms with van der Waals surface area (Å²) >= 11 is 0. The molecule has 1 fully saturated rings. The van der Waals surface area contributed by atoms with E-state index in [0.717, 1.165) is 37.7 Å². The zero-order chi connectivity index (χ0) is 16.7. The average molecular weight is 322 g/mol. The summed E-state index contributed by atoms with van der Waals surface area (Å²) in [5.74, 6) is 0.191. The van der Waals surface area contributed by atoms with Crippen LogP contribution >= 0.6 is 0 Å². The molecule has 0 unspecified atom stereocenters. The fourth-order valence-corrected chi connectivity index (χ4v) is 3.32. The second kappa shape index (κ2) is 8.47. The summed E-state index contributed by atoms with van der Waals surface area (Å²) in [4.78, 5) is 0. The van der Waals surface area contributed by atoms with Crippen LogP contribution in [0.5, 0.6) is 5.75 Å². The Kier molecular flexibility index (Phi) is 6.61. The third kappa shape index (κ3) is 5.33. The molecule has 23 heavy (non-hydrogen) atoms. The molecule has 1 aliphatic carbocycles. The Morgan fingerprint density at radius 1 is 1.13 bits per heavy atom. The van der Waals surface area contributed by atoms with Gasteiger partial charge in [-0.25, -0.2) is 0 Å². The van der Waals surface area contributed by atoms with Crippen LogP contribution in [0.15, 0.2) is 36.4 Å². The number of ether oxygens (including phenoxy) is 1. The van der Waals surface area contributed by atoms with Gasteiger partial charge in [-0.3, -0.25) is 0 Å². The van der Waals surface area contributed by atoms with Gasteiger partial charge in [-0.05, 0) is 75.5 Å². The summed E-state index contributed by atoms with van der Waals surface area (Å²) in [6.45, 7) is 4.06. The number of alkyl halides is 2. The van der Waals surface area contributed by atoms with Gasteiger partial charge < -0.3 is 4.74 Å². The van der Waals surface area contributed by atoms with E-state index in [1.54, 1.807) is 12.1 Å². The molecule has 0 bridgehead atoms. The Hall–Kier alpha value is -1.38. The molecule has 0 atom stereocenters. The topological polar surface area (TPSA) is 9.23 Å². The van der Waals surface area contributed by atoms with Crippen LogP contribution in [0, 0.1) is 11.8 Å². The summed E-state index contributed by atoms with van der Waals surface area (Å²) in [5, 5.41) is 0. The first kappa shape index (κ1) is 18.0. The highest BCUT2D eigenvalue weighted by molar-refractivity contribution is 5.27. The van der Waals surface area contributed by atoms with Gasteiger partial charge in [-0.2, -0.15) is 8.78 Å². The van der Waals surface area contributed by atoms with Crippen LogP contribution in [0.25, 0.3) is 0 Å². The minimum Gasteiger partial charge on any atom is -0.432 e. The molecule has 0 saturated heterocycles. The first-order chi connectivity index (χ1) is 11.0. The molecule has 0 spiro atoms. The zero-order valence-corrected chi connectivity index (χ0v) is 14.2. The molecule has 1 aromatic rings. The van der Waals surface area contributed by atoms with E-state index in [2.05, 4.69) is 12.2 Å². The molecule has 1 nitrogen and oxygen atoms in total. The molecule has 0 amide bonds. The number of hydrogen-bond acceptors (Lipinski definition) is 1. The standard InChI is InChI=1S/C20H28F2O/c1-3-5-6-7-17-8-12-18(13-9-17)20(21,22)23-19-14-10-16(4-2)11-15-19/h3,5,10-11,14-15,17-18H,4,6-9,12-13H2,1-2H3/b5-3+. The van der Waals surface area contributed by atoms with E-state index in [-0.39, 0.29) is 5.75 Å². The number of aryl methyl sites for hydroxylation is 1. The maximum Gasteiger partial charge on any atom is 0.400 e. The summed E-state index contributed by atoms with van der Waals surface area (Å²) in [5.41, 5.74) is 1.13. The highest BCUT2D eigenvalue weighted by Crippen LogP contribution is 2.41. The second-order valence-corrected chi connectivity index (χ2v) is 6.53. The van der Waals surface area contributed by atoms with Gasteiger partial charge in [0.15, 0.2) is 0 Å². The van der Waals surface area contributed by atoms with Gasteiger partial charge in [0, 0.05) is 0 Å². The summed E-state index contributed by atoms with van der Waals surface area (Å²) in [6.07, 6.45) is 7.09. The smallest absolute Gasteiger partial charge is 0.400 e. The van der Waals surface area contributed by atoms with Crippen LogP contribution < -0.4 is 4.74 Å². The van der Waals surface area contributed by atoms with Crippen LogP contribution in [0.1, 0.15) is 57.9 Å². The SMILES string of the molecule is C/C=C/CCC1CCC(C(F)(F)Oc2ccc(CC)cc2)CC1. The van der Waals surface area contributed by atoms with Gasteiger partial charge in [0.2, 0.25) is 0 Å². The lowest BCUT2D eigenvalue weighted by atomic mass is 9.79. The van der Waals surface area contributed by atoms with E-state index in [1.165, 1.54) is 0 Å². The largest absolute Gasteiger partial charge is 0.432 e. The summed E-state index contributed by atoms with van der Waals surface area (Å²) in [7, 11) is 0. The molecule has 1 aliphatic rings. The van der Waals surface area contributed by atoms with Crippen molar-refractivity contribution in [1.82, 2.24) is 0 Å². The van der Waals surface area contributed by atoms with Crippen molar-refractivity contribution in [2.75, 3.05) is 0 Å². The molecule has 1 aromatic carbocycles. The van der Waals surface area contributed by atoms with E-state index in [0.29, 0.717) is 18.8 Å². The fraction of sp³-hybridized carbons (Fsp3) is 0.600. The molecule has 0 N–H and O–H groups in total. The van der Waals surface area contributed by atoms with Gasteiger partial charge >= 0.3 is 6.11 Å². The van der Waals surface area contributed by atoms with Crippen molar-refractivity contribution in [3.63, 3.8) is 0 Å². The maximum absolute atomic E-state index is 14.4. The lowest BCUT2D eigenvalue weighted by Gasteiger charge is -2.33. The molecule has 0 aliphatic heterocycles. The fourth-order valence-electron chi connectivity index (χ4n) is 3.32. The normalized spacial score (nSPS) is 22.4. The van der Waals surface area contributed by atoms with Crippen LogP contribution in [-0.4, -0.2) is 6.11 Å². The molecule has 2 rings (SSSR count). The molecular weight excluding hydrogens is 294 g/mol. The lowest BCUT2D eigenvalue weighted by molar-refractivity contribution is -0.223. The molecule has 1 saturated carbocycles. The van der Waals surface area contributed by atoms with Crippen molar-refractivity contribution in [2.24, 2.45) is 11.8 Å². The van der Waals surface area contributed by atoms with E-state index in [9.17, 15) is 8.78 Å². The molecule has 128 valence electrons. The van der Waals surface area contributed by atoms with Gasteiger partial charge in [0.1, 0.15) is 5.75 Å². The monoisotopic (exact) mass is 322 g/mol. The second-order valence-electron chi connectivity index (χ2n) is 6.53. The number of hydrogen-bond donors (Lipinski definition) is 0. The third-order valence-corrected chi connectivity index (χ3v) is 4.88. The van der Waals surface area contributed by atoms with Crippen LogP contribution in [-0.2, 0) is 6.42 Å². The highest BCUT2D eigenvalue weighted by atomic mass is 19.3. The van der Waals surface area contributed by atoms with Gasteiger partial charge in [0.25, 0.3) is 0 Å². The molecular formula is C20H28F2O. The predicted octanol–water partition coefficient (Wildman–Crippen LogP) is 6.38. The van der Waals surface area contributed by atoms with Gasteiger partial charge in [-0.1, -0.05) is 31.2 Å². The molecule has 0 radical (unpaired) electrons. The number of benzene rings is 1. The number of allylic oxidation sites excluding steroid dienone is 2. The van der Waals surface area contributed by atoms with Crippen molar-refractivity contribution >= 4 is 0 Å².